The van der Waals surface area contributed by atoms with Crippen molar-refractivity contribution in [1.29, 1.82) is 0 Å². The van der Waals surface area contributed by atoms with Gasteiger partial charge in [-0.1, -0.05) is 30.3 Å². The first-order valence-corrected chi connectivity index (χ1v) is 9.75. The molecule has 1 aromatic carbocycles. The van der Waals surface area contributed by atoms with Crippen LogP contribution in [-0.4, -0.2) is 62.8 Å². The molecule has 3 fully saturated rings. The number of likely N-dealkylation sites (tertiary alicyclic amines) is 2. The maximum Gasteiger partial charge on any atom is 0.0509 e. The largest absolute Gasteiger partial charge is 0.384 e. The third-order valence-corrected chi connectivity index (χ3v) is 6.49. The molecule has 3 heteroatoms. The minimum Gasteiger partial charge on any atom is -0.384 e. The lowest BCUT2D eigenvalue weighted by atomic mass is 9.77. The van der Waals surface area contributed by atoms with Gasteiger partial charge in [-0.05, 0) is 43.7 Å². The Bertz CT molecular complexity index is 530. The maximum absolute atomic E-state index is 5.60. The van der Waals surface area contributed by atoms with Crippen molar-refractivity contribution in [3.63, 3.8) is 0 Å². The number of hydrogen-bond acceptors (Lipinski definition) is 3. The first-order valence-electron chi connectivity index (χ1n) is 9.75. The van der Waals surface area contributed by atoms with Gasteiger partial charge in [0.15, 0.2) is 0 Å². The molecule has 4 rings (SSSR count). The van der Waals surface area contributed by atoms with Crippen LogP contribution in [0, 0.1) is 17.3 Å². The fourth-order valence-electron chi connectivity index (χ4n) is 4.95. The van der Waals surface area contributed by atoms with Crippen LogP contribution in [0.3, 0.4) is 0 Å². The minimum absolute atomic E-state index is 0.488. The molecule has 0 amide bonds. The Labute approximate surface area is 147 Å². The Kier molecular flexibility index (Phi) is 4.93. The van der Waals surface area contributed by atoms with Crippen molar-refractivity contribution in [2.24, 2.45) is 17.3 Å². The summed E-state index contributed by atoms with van der Waals surface area (Å²) in [6.45, 7) is 8.59. The van der Waals surface area contributed by atoms with Crippen LogP contribution < -0.4 is 0 Å². The van der Waals surface area contributed by atoms with Crippen LogP contribution in [0.15, 0.2) is 30.3 Å². The van der Waals surface area contributed by atoms with Gasteiger partial charge in [0.2, 0.25) is 0 Å². The van der Waals surface area contributed by atoms with Crippen LogP contribution in [0.25, 0.3) is 0 Å². The molecule has 2 saturated heterocycles. The summed E-state index contributed by atoms with van der Waals surface area (Å²) < 4.78 is 5.60. The summed E-state index contributed by atoms with van der Waals surface area (Å²) in [5.74, 6) is 1.72. The average Bonchev–Trinajstić information content (AvgIpc) is 3.22. The zero-order chi connectivity index (χ0) is 16.4. The van der Waals surface area contributed by atoms with Gasteiger partial charge in [0.25, 0.3) is 0 Å². The van der Waals surface area contributed by atoms with E-state index in [1.54, 1.807) is 0 Å². The standard InChI is InChI=1S/C21H32N2O/c1-24-15-20-14-23(13-19-7-8-19)17-21(20)10-12-22(16-21)11-9-18-5-3-2-4-6-18/h2-6,19-20H,7-17H2,1H3/t20-,21+/m0/s1. The van der Waals surface area contributed by atoms with Crippen molar-refractivity contribution in [3.8, 4) is 0 Å². The normalized spacial score (nSPS) is 31.3. The van der Waals surface area contributed by atoms with Crippen molar-refractivity contribution in [1.82, 2.24) is 9.80 Å². The molecule has 1 spiro atoms. The van der Waals surface area contributed by atoms with Crippen molar-refractivity contribution in [2.75, 3.05) is 53.0 Å². The maximum atomic E-state index is 5.60. The highest BCUT2D eigenvalue weighted by molar-refractivity contribution is 5.15. The summed E-state index contributed by atoms with van der Waals surface area (Å²) in [7, 11) is 1.87. The summed E-state index contributed by atoms with van der Waals surface area (Å²) in [6, 6.07) is 10.9. The summed E-state index contributed by atoms with van der Waals surface area (Å²) in [5.41, 5.74) is 1.95. The van der Waals surface area contributed by atoms with Gasteiger partial charge in [-0.25, -0.2) is 0 Å². The molecule has 0 bridgehead atoms. The highest BCUT2D eigenvalue weighted by Gasteiger charge is 2.50. The minimum atomic E-state index is 0.488. The molecule has 0 N–H and O–H groups in total. The second-order valence-corrected chi connectivity index (χ2v) is 8.41. The van der Waals surface area contributed by atoms with E-state index in [2.05, 4.69) is 40.1 Å². The van der Waals surface area contributed by atoms with E-state index in [-0.39, 0.29) is 0 Å². The Hall–Kier alpha value is -0.900. The first-order chi connectivity index (χ1) is 11.8. The zero-order valence-corrected chi connectivity index (χ0v) is 15.1. The van der Waals surface area contributed by atoms with Crippen molar-refractivity contribution < 1.29 is 4.74 Å². The van der Waals surface area contributed by atoms with Crippen LogP contribution in [-0.2, 0) is 11.2 Å². The van der Waals surface area contributed by atoms with E-state index in [0.717, 1.165) is 18.4 Å². The van der Waals surface area contributed by atoms with Gasteiger partial charge in [-0.2, -0.15) is 0 Å². The fourth-order valence-corrected chi connectivity index (χ4v) is 4.95. The Morgan fingerprint density at radius 1 is 1.12 bits per heavy atom. The smallest absolute Gasteiger partial charge is 0.0509 e. The van der Waals surface area contributed by atoms with Crippen molar-refractivity contribution >= 4 is 0 Å². The van der Waals surface area contributed by atoms with Gasteiger partial charge in [0, 0.05) is 51.2 Å². The molecular weight excluding hydrogens is 296 g/mol. The Morgan fingerprint density at radius 2 is 1.92 bits per heavy atom. The Morgan fingerprint density at radius 3 is 2.67 bits per heavy atom. The number of methoxy groups -OCH3 is 1. The number of ether oxygens (including phenoxy) is 1. The zero-order valence-electron chi connectivity index (χ0n) is 15.1. The summed E-state index contributed by atoms with van der Waals surface area (Å²) in [4.78, 5) is 5.46. The van der Waals surface area contributed by atoms with Gasteiger partial charge in [-0.3, -0.25) is 0 Å². The lowest BCUT2D eigenvalue weighted by Crippen LogP contribution is -2.36. The molecule has 2 aliphatic heterocycles. The van der Waals surface area contributed by atoms with E-state index >= 15 is 0 Å². The van der Waals surface area contributed by atoms with Gasteiger partial charge < -0.3 is 14.5 Å². The predicted molar refractivity (Wildman–Crippen MR) is 98.2 cm³/mol. The molecule has 2 heterocycles. The summed E-state index contributed by atoms with van der Waals surface area (Å²) in [6.07, 6.45) is 5.46. The molecule has 0 unspecified atom stereocenters. The van der Waals surface area contributed by atoms with Gasteiger partial charge in [0.05, 0.1) is 6.61 Å². The van der Waals surface area contributed by atoms with Gasteiger partial charge in [-0.15, -0.1) is 0 Å². The third-order valence-electron chi connectivity index (χ3n) is 6.49. The molecule has 1 aromatic rings. The van der Waals surface area contributed by atoms with Crippen LogP contribution in [0.2, 0.25) is 0 Å². The number of hydrogen-bond donors (Lipinski definition) is 0. The van der Waals surface area contributed by atoms with E-state index in [9.17, 15) is 0 Å². The first kappa shape index (κ1) is 16.6. The highest BCUT2D eigenvalue weighted by Crippen LogP contribution is 2.45. The van der Waals surface area contributed by atoms with Gasteiger partial charge >= 0.3 is 0 Å². The lowest BCUT2D eigenvalue weighted by molar-refractivity contribution is 0.0965. The fraction of sp³-hybridized carbons (Fsp3) is 0.714. The van der Waals surface area contributed by atoms with Gasteiger partial charge in [0.1, 0.15) is 0 Å². The summed E-state index contributed by atoms with van der Waals surface area (Å²) in [5, 5.41) is 0. The monoisotopic (exact) mass is 328 g/mol. The molecule has 3 aliphatic rings. The topological polar surface area (TPSA) is 15.7 Å². The summed E-state index contributed by atoms with van der Waals surface area (Å²) >= 11 is 0. The number of rotatable bonds is 7. The van der Waals surface area contributed by atoms with E-state index < -0.39 is 0 Å². The molecule has 1 aliphatic carbocycles. The Balaban J connectivity index is 1.35. The van der Waals surface area contributed by atoms with E-state index in [1.165, 1.54) is 70.5 Å². The number of benzene rings is 1. The quantitative estimate of drug-likeness (QED) is 0.765. The highest BCUT2D eigenvalue weighted by atomic mass is 16.5. The molecule has 0 aromatic heterocycles. The number of nitrogens with zero attached hydrogens (tertiary/aromatic N) is 2. The van der Waals surface area contributed by atoms with Crippen molar-refractivity contribution in [3.05, 3.63) is 35.9 Å². The van der Waals surface area contributed by atoms with E-state index in [0.29, 0.717) is 5.41 Å². The molecule has 132 valence electrons. The lowest BCUT2D eigenvalue weighted by Gasteiger charge is -2.30. The third kappa shape index (κ3) is 3.68. The molecule has 3 nitrogen and oxygen atoms in total. The molecule has 0 radical (unpaired) electrons. The SMILES string of the molecule is COC[C@@H]1CN(CC2CC2)C[C@]12CCN(CCc1ccccc1)C2. The van der Waals surface area contributed by atoms with Crippen LogP contribution in [0.1, 0.15) is 24.8 Å². The predicted octanol–water partition coefficient (Wildman–Crippen LogP) is 2.91. The van der Waals surface area contributed by atoms with Crippen molar-refractivity contribution in [2.45, 2.75) is 25.7 Å². The average molecular weight is 328 g/mol. The molecule has 1 saturated carbocycles. The second-order valence-electron chi connectivity index (χ2n) is 8.41. The molecule has 2 atom stereocenters. The van der Waals surface area contributed by atoms with E-state index in [4.69, 9.17) is 4.74 Å². The van der Waals surface area contributed by atoms with Crippen LogP contribution in [0.5, 0.6) is 0 Å². The second kappa shape index (κ2) is 7.15. The van der Waals surface area contributed by atoms with Crippen LogP contribution >= 0.6 is 0 Å². The van der Waals surface area contributed by atoms with Crippen LogP contribution in [0.4, 0.5) is 0 Å². The van der Waals surface area contributed by atoms with E-state index in [1.807, 2.05) is 7.11 Å². The molecular formula is C21H32N2O. The molecule has 24 heavy (non-hydrogen) atoms.